The first-order chi connectivity index (χ1) is 7.33. The van der Waals surface area contributed by atoms with Gasteiger partial charge in [0.2, 0.25) is 0 Å². The lowest BCUT2D eigenvalue weighted by Crippen LogP contribution is -2.49. The van der Waals surface area contributed by atoms with E-state index >= 15 is 0 Å². The van der Waals surface area contributed by atoms with Crippen LogP contribution in [0, 0.1) is 0 Å². The van der Waals surface area contributed by atoms with E-state index in [1.165, 1.54) is 5.69 Å². The molecule has 3 N–H and O–H groups in total. The quantitative estimate of drug-likeness (QED) is 0.623. The number of nitrogens with one attached hydrogen (secondary N) is 1. The first-order valence-electron chi connectivity index (χ1n) is 5.59. The molecule has 80 valence electrons. The fraction of sp³-hybridized carbons (Fsp3) is 0.636. The maximum atomic E-state index is 6.29. The van der Waals surface area contributed by atoms with Crippen molar-refractivity contribution < 1.29 is 0 Å². The van der Waals surface area contributed by atoms with Crippen molar-refractivity contribution in [3.63, 3.8) is 0 Å². The van der Waals surface area contributed by atoms with Gasteiger partial charge >= 0.3 is 0 Å². The SMILES string of the molecule is N[C@@H]1Cc2nccnc2C12CCNCC2. The summed E-state index contributed by atoms with van der Waals surface area (Å²) in [4.78, 5) is 8.91. The second-order valence-electron chi connectivity index (χ2n) is 4.57. The average Bonchev–Trinajstić information content (AvgIpc) is 2.55. The average molecular weight is 204 g/mol. The number of nitrogens with two attached hydrogens (primary N) is 1. The third-order valence-electron chi connectivity index (χ3n) is 3.86. The van der Waals surface area contributed by atoms with E-state index in [2.05, 4.69) is 15.3 Å². The molecule has 1 aliphatic heterocycles. The highest BCUT2D eigenvalue weighted by molar-refractivity contribution is 5.33. The summed E-state index contributed by atoms with van der Waals surface area (Å²) in [5.74, 6) is 0. The summed E-state index contributed by atoms with van der Waals surface area (Å²) in [5, 5.41) is 3.38. The molecule has 0 aromatic carbocycles. The molecular weight excluding hydrogens is 188 g/mol. The Hall–Kier alpha value is -1.00. The smallest absolute Gasteiger partial charge is 0.0697 e. The minimum atomic E-state index is 0.106. The molecule has 1 spiro atoms. The minimum Gasteiger partial charge on any atom is -0.326 e. The molecule has 3 rings (SSSR count). The number of nitrogens with zero attached hydrogens (tertiary/aromatic N) is 2. The van der Waals surface area contributed by atoms with E-state index in [0.29, 0.717) is 0 Å². The van der Waals surface area contributed by atoms with E-state index in [1.54, 1.807) is 12.4 Å². The number of piperidine rings is 1. The standard InChI is InChI=1S/C11H16N4/c12-9-7-8-10(15-6-5-14-8)11(9)1-3-13-4-2-11/h5-6,9,13H,1-4,7,12H2/t9-/m1/s1. The van der Waals surface area contributed by atoms with Crippen molar-refractivity contribution in [1.29, 1.82) is 0 Å². The highest BCUT2D eigenvalue weighted by atomic mass is 14.9. The van der Waals surface area contributed by atoms with Gasteiger partial charge < -0.3 is 11.1 Å². The molecule has 0 amide bonds. The van der Waals surface area contributed by atoms with Gasteiger partial charge in [0.05, 0.1) is 11.4 Å². The Bertz CT molecular complexity index is 371. The fourth-order valence-corrected chi connectivity index (χ4v) is 2.99. The molecule has 1 atom stereocenters. The van der Waals surface area contributed by atoms with Crippen LogP contribution >= 0.6 is 0 Å². The Labute approximate surface area is 89.3 Å². The lowest BCUT2D eigenvalue weighted by atomic mass is 9.74. The zero-order valence-electron chi connectivity index (χ0n) is 8.74. The maximum Gasteiger partial charge on any atom is 0.0697 e. The zero-order chi connectivity index (χ0) is 10.3. The highest BCUT2D eigenvalue weighted by Gasteiger charge is 2.47. The summed E-state index contributed by atoms with van der Waals surface area (Å²) in [6, 6.07) is 0.206. The Morgan fingerprint density at radius 2 is 2.00 bits per heavy atom. The van der Waals surface area contributed by atoms with Crippen LogP contribution in [-0.4, -0.2) is 29.1 Å². The summed E-state index contributed by atoms with van der Waals surface area (Å²) in [6.45, 7) is 2.09. The van der Waals surface area contributed by atoms with Crippen LogP contribution < -0.4 is 11.1 Å². The van der Waals surface area contributed by atoms with E-state index < -0.39 is 0 Å². The van der Waals surface area contributed by atoms with Crippen LogP contribution in [0.5, 0.6) is 0 Å². The van der Waals surface area contributed by atoms with Crippen molar-refractivity contribution in [2.45, 2.75) is 30.7 Å². The Balaban J connectivity index is 2.07. The van der Waals surface area contributed by atoms with Crippen molar-refractivity contribution in [3.8, 4) is 0 Å². The zero-order valence-corrected chi connectivity index (χ0v) is 8.74. The van der Waals surface area contributed by atoms with Crippen molar-refractivity contribution >= 4 is 0 Å². The van der Waals surface area contributed by atoms with Gasteiger partial charge in [-0.2, -0.15) is 0 Å². The maximum absolute atomic E-state index is 6.29. The molecule has 1 saturated heterocycles. The van der Waals surface area contributed by atoms with Crippen LogP contribution in [-0.2, 0) is 11.8 Å². The second-order valence-corrected chi connectivity index (χ2v) is 4.57. The van der Waals surface area contributed by atoms with Gasteiger partial charge in [0.1, 0.15) is 0 Å². The van der Waals surface area contributed by atoms with Crippen LogP contribution in [0.1, 0.15) is 24.2 Å². The number of rotatable bonds is 0. The normalized spacial score (nSPS) is 27.9. The lowest BCUT2D eigenvalue weighted by molar-refractivity contribution is 0.268. The molecule has 0 radical (unpaired) electrons. The van der Waals surface area contributed by atoms with Crippen molar-refractivity contribution in [2.24, 2.45) is 5.73 Å². The Morgan fingerprint density at radius 1 is 1.27 bits per heavy atom. The van der Waals surface area contributed by atoms with Gasteiger partial charge in [-0.25, -0.2) is 0 Å². The fourth-order valence-electron chi connectivity index (χ4n) is 2.99. The molecule has 4 heteroatoms. The molecule has 2 aliphatic rings. The Kier molecular flexibility index (Phi) is 2.00. The number of aromatic nitrogens is 2. The topological polar surface area (TPSA) is 63.8 Å². The van der Waals surface area contributed by atoms with E-state index in [4.69, 9.17) is 5.73 Å². The van der Waals surface area contributed by atoms with Crippen LogP contribution in [0.2, 0.25) is 0 Å². The van der Waals surface area contributed by atoms with Gasteiger partial charge in [0.15, 0.2) is 0 Å². The second kappa shape index (κ2) is 3.25. The van der Waals surface area contributed by atoms with Crippen LogP contribution in [0.15, 0.2) is 12.4 Å². The van der Waals surface area contributed by atoms with Gasteiger partial charge in [0, 0.05) is 30.3 Å². The third-order valence-corrected chi connectivity index (χ3v) is 3.86. The van der Waals surface area contributed by atoms with Gasteiger partial charge in [-0.15, -0.1) is 0 Å². The largest absolute Gasteiger partial charge is 0.326 e. The summed E-state index contributed by atoms with van der Waals surface area (Å²) in [6.07, 6.45) is 6.65. The molecule has 0 bridgehead atoms. The van der Waals surface area contributed by atoms with Crippen LogP contribution in [0.25, 0.3) is 0 Å². The monoisotopic (exact) mass is 204 g/mol. The van der Waals surface area contributed by atoms with E-state index in [0.717, 1.165) is 38.0 Å². The molecule has 4 nitrogen and oxygen atoms in total. The number of fused-ring (bicyclic) bond motifs is 2. The van der Waals surface area contributed by atoms with Crippen LogP contribution in [0.4, 0.5) is 0 Å². The molecule has 1 aliphatic carbocycles. The molecule has 2 heterocycles. The number of hydrogen-bond acceptors (Lipinski definition) is 4. The van der Waals surface area contributed by atoms with Gasteiger partial charge in [-0.3, -0.25) is 9.97 Å². The predicted molar refractivity (Wildman–Crippen MR) is 57.5 cm³/mol. The third kappa shape index (κ3) is 1.21. The van der Waals surface area contributed by atoms with E-state index in [1.807, 2.05) is 0 Å². The highest BCUT2D eigenvalue weighted by Crippen LogP contribution is 2.42. The minimum absolute atomic E-state index is 0.106. The molecule has 1 fully saturated rings. The molecule has 1 aromatic rings. The molecule has 0 saturated carbocycles. The van der Waals surface area contributed by atoms with Crippen LogP contribution in [0.3, 0.4) is 0 Å². The molecule has 1 aromatic heterocycles. The lowest BCUT2D eigenvalue weighted by Gasteiger charge is -2.37. The van der Waals surface area contributed by atoms with Gasteiger partial charge in [-0.05, 0) is 25.9 Å². The first kappa shape index (κ1) is 9.24. The van der Waals surface area contributed by atoms with Gasteiger partial charge in [-0.1, -0.05) is 0 Å². The summed E-state index contributed by atoms with van der Waals surface area (Å²) in [7, 11) is 0. The van der Waals surface area contributed by atoms with Crippen molar-refractivity contribution in [3.05, 3.63) is 23.8 Å². The van der Waals surface area contributed by atoms with Crippen molar-refractivity contribution in [2.75, 3.05) is 13.1 Å². The predicted octanol–water partition coefficient (Wildman–Crippen LogP) is -0.0188. The van der Waals surface area contributed by atoms with E-state index in [-0.39, 0.29) is 11.5 Å². The first-order valence-corrected chi connectivity index (χ1v) is 5.59. The van der Waals surface area contributed by atoms with Gasteiger partial charge in [0.25, 0.3) is 0 Å². The summed E-state index contributed by atoms with van der Waals surface area (Å²) < 4.78 is 0. The molecule has 15 heavy (non-hydrogen) atoms. The summed E-state index contributed by atoms with van der Waals surface area (Å²) >= 11 is 0. The molecular formula is C11H16N4. The number of hydrogen-bond donors (Lipinski definition) is 2. The summed E-state index contributed by atoms with van der Waals surface area (Å²) in [5.41, 5.74) is 8.68. The molecule has 0 unspecified atom stereocenters. The van der Waals surface area contributed by atoms with Crippen molar-refractivity contribution in [1.82, 2.24) is 15.3 Å². The van der Waals surface area contributed by atoms with E-state index in [9.17, 15) is 0 Å². The Morgan fingerprint density at radius 3 is 2.80 bits per heavy atom.